The van der Waals surface area contributed by atoms with Gasteiger partial charge in [-0.15, -0.1) is 0 Å². The van der Waals surface area contributed by atoms with E-state index >= 15 is 0 Å². The van der Waals surface area contributed by atoms with E-state index in [4.69, 9.17) is 4.74 Å². The van der Waals surface area contributed by atoms with Crippen molar-refractivity contribution in [2.75, 3.05) is 32.8 Å². The molecule has 6 heteroatoms. The molecule has 4 saturated carbocycles. The van der Waals surface area contributed by atoms with Gasteiger partial charge in [0.05, 0.1) is 12.2 Å². The molecule has 0 aromatic carbocycles. The van der Waals surface area contributed by atoms with Gasteiger partial charge < -0.3 is 20.3 Å². The standard InChI is InChI=1S/C28H44N2O4/c1-26-8-5-21(30-12-11-29-20(15-30)16-31)14-19(26)3-4-24-23(26)6-9-27(2)22(7-10-28(24,27)33)18-13-25(32)34-17-18/h13,19-24,29,31,33H,3-12,14-17H2,1-2H3/t19-,20?,21+,22-,23+,24-,26+,27-,28+/m1/s1. The van der Waals surface area contributed by atoms with Crippen molar-refractivity contribution in [1.82, 2.24) is 10.2 Å². The third-order valence-electron chi connectivity index (χ3n) is 12.0. The van der Waals surface area contributed by atoms with Gasteiger partial charge in [0.2, 0.25) is 0 Å². The molecule has 4 aliphatic carbocycles. The number of piperazine rings is 1. The molecule has 0 aromatic rings. The summed E-state index contributed by atoms with van der Waals surface area (Å²) in [4.78, 5) is 14.4. The Labute approximate surface area is 204 Å². The van der Waals surface area contributed by atoms with E-state index in [9.17, 15) is 15.0 Å². The summed E-state index contributed by atoms with van der Waals surface area (Å²) < 4.78 is 5.27. The largest absolute Gasteiger partial charge is 0.458 e. The fourth-order valence-electron chi connectivity index (χ4n) is 10.0. The molecule has 9 atom stereocenters. The first-order valence-electron chi connectivity index (χ1n) is 14.0. The van der Waals surface area contributed by atoms with Gasteiger partial charge in [0.15, 0.2) is 0 Å². The summed E-state index contributed by atoms with van der Waals surface area (Å²) in [5.74, 6) is 1.79. The SMILES string of the molecule is C[C@]12CC[C@H](N3CCNC(CO)C3)C[C@H]1CC[C@@H]1[C@@H]2CC[C@]2(C)[C@@H](C3=CC(=O)OC3)CC[C@]12O. The number of carbonyl (C=O) groups is 1. The van der Waals surface area contributed by atoms with Crippen molar-refractivity contribution in [2.24, 2.45) is 34.5 Å². The molecule has 5 fully saturated rings. The molecular formula is C28H44N2O4. The number of hydrogen-bond donors (Lipinski definition) is 3. The van der Waals surface area contributed by atoms with Gasteiger partial charge in [-0.3, -0.25) is 4.90 Å². The minimum absolute atomic E-state index is 0.144. The number of fused-ring (bicyclic) bond motifs is 5. The second kappa shape index (κ2) is 8.29. The van der Waals surface area contributed by atoms with Crippen molar-refractivity contribution < 1.29 is 19.7 Å². The molecule has 1 unspecified atom stereocenters. The molecule has 6 rings (SSSR count). The number of ether oxygens (including phenoxy) is 1. The number of nitrogens with one attached hydrogen (secondary N) is 1. The molecule has 3 N–H and O–H groups in total. The molecule has 6 nitrogen and oxygen atoms in total. The maximum Gasteiger partial charge on any atom is 0.331 e. The van der Waals surface area contributed by atoms with E-state index in [-0.39, 0.29) is 30.0 Å². The summed E-state index contributed by atoms with van der Waals surface area (Å²) in [6.45, 7) is 8.57. The van der Waals surface area contributed by atoms with Gasteiger partial charge in [0, 0.05) is 43.2 Å². The van der Waals surface area contributed by atoms with Crippen LogP contribution in [-0.4, -0.2) is 71.6 Å². The predicted molar refractivity (Wildman–Crippen MR) is 130 cm³/mol. The van der Waals surface area contributed by atoms with Gasteiger partial charge in [-0.05, 0) is 92.4 Å². The Balaban J connectivity index is 1.20. The Kier molecular flexibility index (Phi) is 5.72. The lowest BCUT2D eigenvalue weighted by Gasteiger charge is -2.64. The molecule has 34 heavy (non-hydrogen) atoms. The zero-order chi connectivity index (χ0) is 23.7. The van der Waals surface area contributed by atoms with Crippen LogP contribution in [0.4, 0.5) is 0 Å². The number of nitrogens with zero attached hydrogens (tertiary/aromatic N) is 1. The van der Waals surface area contributed by atoms with Crippen molar-refractivity contribution in [3.63, 3.8) is 0 Å². The topological polar surface area (TPSA) is 82.0 Å². The number of cyclic esters (lactones) is 1. The highest BCUT2D eigenvalue weighted by Crippen LogP contribution is 2.70. The lowest BCUT2D eigenvalue weighted by Crippen LogP contribution is -2.63. The molecule has 0 amide bonds. The smallest absolute Gasteiger partial charge is 0.331 e. The van der Waals surface area contributed by atoms with Gasteiger partial charge in [0.1, 0.15) is 6.61 Å². The molecule has 2 aliphatic heterocycles. The third kappa shape index (κ3) is 3.31. The van der Waals surface area contributed by atoms with Crippen molar-refractivity contribution >= 4 is 5.97 Å². The minimum atomic E-state index is -0.620. The van der Waals surface area contributed by atoms with Crippen molar-refractivity contribution in [1.29, 1.82) is 0 Å². The van der Waals surface area contributed by atoms with Crippen LogP contribution in [0.5, 0.6) is 0 Å². The first-order valence-corrected chi connectivity index (χ1v) is 14.0. The lowest BCUT2D eigenvalue weighted by atomic mass is 9.43. The van der Waals surface area contributed by atoms with Crippen LogP contribution in [0.3, 0.4) is 0 Å². The first kappa shape index (κ1) is 23.4. The first-order chi connectivity index (χ1) is 16.3. The Bertz CT molecular complexity index is 861. The zero-order valence-electron chi connectivity index (χ0n) is 21.1. The summed E-state index contributed by atoms with van der Waals surface area (Å²) in [5, 5.41) is 25.5. The Morgan fingerprint density at radius 3 is 2.74 bits per heavy atom. The van der Waals surface area contributed by atoms with E-state index in [1.54, 1.807) is 6.08 Å². The average Bonchev–Trinajstić information content (AvgIpc) is 3.38. The molecule has 0 radical (unpaired) electrons. The highest BCUT2D eigenvalue weighted by atomic mass is 16.5. The number of rotatable bonds is 3. The number of hydrogen-bond acceptors (Lipinski definition) is 6. The van der Waals surface area contributed by atoms with Crippen molar-refractivity contribution in [3.8, 4) is 0 Å². The van der Waals surface area contributed by atoms with E-state index in [0.717, 1.165) is 56.8 Å². The fraction of sp³-hybridized carbons (Fsp3) is 0.893. The minimum Gasteiger partial charge on any atom is -0.458 e. The lowest BCUT2D eigenvalue weighted by molar-refractivity contribution is -0.206. The van der Waals surface area contributed by atoms with E-state index in [2.05, 4.69) is 24.1 Å². The summed E-state index contributed by atoms with van der Waals surface area (Å²) in [6, 6.07) is 0.861. The van der Waals surface area contributed by atoms with Crippen LogP contribution in [0, 0.1) is 34.5 Å². The number of carbonyl (C=O) groups excluding carboxylic acids is 1. The van der Waals surface area contributed by atoms with Crippen LogP contribution >= 0.6 is 0 Å². The van der Waals surface area contributed by atoms with E-state index in [0.29, 0.717) is 29.9 Å². The van der Waals surface area contributed by atoms with Crippen molar-refractivity contribution in [3.05, 3.63) is 11.6 Å². The molecule has 0 bridgehead atoms. The fourth-order valence-corrected chi connectivity index (χ4v) is 10.0. The summed E-state index contributed by atoms with van der Waals surface area (Å²) in [7, 11) is 0. The Hall–Kier alpha value is -0.950. The van der Waals surface area contributed by atoms with E-state index < -0.39 is 5.60 Å². The molecule has 0 spiro atoms. The van der Waals surface area contributed by atoms with Crippen LogP contribution in [0.25, 0.3) is 0 Å². The summed E-state index contributed by atoms with van der Waals surface area (Å²) in [5.41, 5.74) is 0.684. The number of aliphatic hydroxyl groups excluding tert-OH is 1. The van der Waals surface area contributed by atoms with Gasteiger partial charge in [-0.25, -0.2) is 4.79 Å². The second-order valence-corrected chi connectivity index (χ2v) is 13.0. The van der Waals surface area contributed by atoms with Crippen LogP contribution in [-0.2, 0) is 9.53 Å². The number of esters is 1. The molecule has 0 aromatic heterocycles. The molecular weight excluding hydrogens is 428 g/mol. The van der Waals surface area contributed by atoms with Gasteiger partial charge in [-0.1, -0.05) is 13.8 Å². The quantitative estimate of drug-likeness (QED) is 0.548. The molecule has 2 heterocycles. The maximum absolute atomic E-state index is 12.4. The Morgan fingerprint density at radius 1 is 1.12 bits per heavy atom. The van der Waals surface area contributed by atoms with Gasteiger partial charge >= 0.3 is 5.97 Å². The predicted octanol–water partition coefficient (Wildman–Crippen LogP) is 2.88. The van der Waals surface area contributed by atoms with Gasteiger partial charge in [-0.2, -0.15) is 0 Å². The van der Waals surface area contributed by atoms with Crippen LogP contribution in [0.15, 0.2) is 11.6 Å². The normalized spacial score (nSPS) is 51.3. The van der Waals surface area contributed by atoms with Crippen LogP contribution in [0.2, 0.25) is 0 Å². The zero-order valence-corrected chi connectivity index (χ0v) is 21.1. The maximum atomic E-state index is 12.4. The second-order valence-electron chi connectivity index (χ2n) is 13.0. The van der Waals surface area contributed by atoms with Crippen LogP contribution < -0.4 is 5.32 Å². The summed E-state index contributed by atoms with van der Waals surface area (Å²) >= 11 is 0. The number of aliphatic hydroxyl groups is 2. The Morgan fingerprint density at radius 2 is 1.97 bits per heavy atom. The molecule has 1 saturated heterocycles. The monoisotopic (exact) mass is 472 g/mol. The van der Waals surface area contributed by atoms with E-state index in [1.165, 1.54) is 32.1 Å². The van der Waals surface area contributed by atoms with E-state index in [1.807, 2.05) is 0 Å². The average molecular weight is 473 g/mol. The summed E-state index contributed by atoms with van der Waals surface area (Å²) in [6.07, 6.45) is 12.0. The van der Waals surface area contributed by atoms with Crippen molar-refractivity contribution in [2.45, 2.75) is 89.3 Å². The highest BCUT2D eigenvalue weighted by molar-refractivity contribution is 5.85. The highest BCUT2D eigenvalue weighted by Gasteiger charge is 2.67. The van der Waals surface area contributed by atoms with Gasteiger partial charge in [0.25, 0.3) is 0 Å². The van der Waals surface area contributed by atoms with Crippen LogP contribution in [0.1, 0.15) is 71.6 Å². The molecule has 190 valence electrons. The third-order valence-corrected chi connectivity index (χ3v) is 12.0. The molecule has 6 aliphatic rings.